The van der Waals surface area contributed by atoms with Gasteiger partial charge in [0, 0.05) is 31.3 Å². The van der Waals surface area contributed by atoms with Gasteiger partial charge in [-0.3, -0.25) is 28.9 Å². The lowest BCUT2D eigenvalue weighted by atomic mass is 9.94. The van der Waals surface area contributed by atoms with E-state index in [-0.39, 0.29) is 54.5 Å². The van der Waals surface area contributed by atoms with E-state index in [1.54, 1.807) is 6.92 Å². The Balaban J connectivity index is 2.18. The van der Waals surface area contributed by atoms with Crippen LogP contribution in [0.2, 0.25) is 0 Å². The smallest absolute Gasteiger partial charge is 0.242 e. The van der Waals surface area contributed by atoms with Crippen molar-refractivity contribution >= 4 is 29.5 Å². The topological polar surface area (TPSA) is 125 Å². The molecule has 0 spiro atoms. The van der Waals surface area contributed by atoms with Crippen LogP contribution in [0.3, 0.4) is 0 Å². The molecular weight excluding hydrogens is 388 g/mol. The summed E-state index contributed by atoms with van der Waals surface area (Å²) in [6, 6.07) is -0.696. The average Bonchev–Trinajstić information content (AvgIpc) is 2.93. The Labute approximate surface area is 178 Å². The van der Waals surface area contributed by atoms with E-state index in [1.807, 2.05) is 27.7 Å². The van der Waals surface area contributed by atoms with Gasteiger partial charge in [-0.2, -0.15) is 0 Å². The van der Waals surface area contributed by atoms with Gasteiger partial charge >= 0.3 is 0 Å². The normalized spacial score (nSPS) is 17.4. The van der Waals surface area contributed by atoms with Gasteiger partial charge in [0.15, 0.2) is 0 Å². The molecule has 0 radical (unpaired) electrons. The molecule has 1 rings (SSSR count). The van der Waals surface area contributed by atoms with Crippen LogP contribution in [0.25, 0.3) is 0 Å². The molecule has 5 amide bonds. The molecule has 170 valence electrons. The van der Waals surface area contributed by atoms with E-state index in [9.17, 15) is 24.0 Å². The van der Waals surface area contributed by atoms with Crippen molar-refractivity contribution < 1.29 is 24.0 Å². The first-order valence-electron chi connectivity index (χ1n) is 10.7. The SMILES string of the molecule is CC(C)NC(=O)[C@H](C)NC(=O)CNC(=O)CCCCCN1C(=O)CC(C(C)C)C1=O. The number of carbonyl (C=O) groups excluding carboxylic acids is 5. The fourth-order valence-corrected chi connectivity index (χ4v) is 3.23. The summed E-state index contributed by atoms with van der Waals surface area (Å²) in [5.41, 5.74) is 0. The lowest BCUT2D eigenvalue weighted by Crippen LogP contribution is -2.49. The Bertz CT molecular complexity index is 647. The van der Waals surface area contributed by atoms with Crippen LogP contribution in [0.1, 0.15) is 66.7 Å². The molecule has 0 aromatic heterocycles. The zero-order valence-corrected chi connectivity index (χ0v) is 18.7. The predicted octanol–water partition coefficient (Wildman–Crippen LogP) is 0.723. The molecule has 1 aliphatic heterocycles. The van der Waals surface area contributed by atoms with Gasteiger partial charge in [0.1, 0.15) is 6.04 Å². The number of nitrogens with one attached hydrogen (secondary N) is 3. The summed E-state index contributed by atoms with van der Waals surface area (Å²) in [7, 11) is 0. The Kier molecular flexibility index (Phi) is 10.5. The molecule has 0 saturated carbocycles. The van der Waals surface area contributed by atoms with Crippen LogP contribution in [0.15, 0.2) is 0 Å². The van der Waals surface area contributed by atoms with Gasteiger partial charge in [-0.1, -0.05) is 20.3 Å². The molecule has 1 saturated heterocycles. The fraction of sp³-hybridized carbons (Fsp3) is 0.762. The fourth-order valence-electron chi connectivity index (χ4n) is 3.23. The minimum Gasteiger partial charge on any atom is -0.352 e. The predicted molar refractivity (Wildman–Crippen MR) is 112 cm³/mol. The first kappa shape index (κ1) is 25.6. The van der Waals surface area contributed by atoms with Crippen LogP contribution in [-0.2, 0) is 24.0 Å². The molecule has 0 aliphatic carbocycles. The van der Waals surface area contributed by atoms with Crippen LogP contribution in [0.4, 0.5) is 0 Å². The van der Waals surface area contributed by atoms with E-state index >= 15 is 0 Å². The minimum absolute atomic E-state index is 0.0186. The van der Waals surface area contributed by atoms with E-state index in [2.05, 4.69) is 16.0 Å². The Morgan fingerprint density at radius 2 is 1.63 bits per heavy atom. The Hall–Kier alpha value is -2.45. The number of hydrogen-bond donors (Lipinski definition) is 3. The summed E-state index contributed by atoms with van der Waals surface area (Å²) >= 11 is 0. The maximum absolute atomic E-state index is 12.2. The number of rotatable bonds is 12. The van der Waals surface area contributed by atoms with Crippen LogP contribution in [-0.4, -0.2) is 59.6 Å². The second-order valence-corrected chi connectivity index (χ2v) is 8.48. The van der Waals surface area contributed by atoms with Gasteiger partial charge < -0.3 is 16.0 Å². The molecule has 9 nitrogen and oxygen atoms in total. The standard InChI is InChI=1S/C21H36N4O5/c1-13(2)16-11-19(28)25(21(16)30)10-8-6-7-9-17(26)22-12-18(27)24-15(5)20(29)23-14(3)4/h13-16H,6-12H2,1-5H3,(H,22,26)(H,23,29)(H,24,27)/t15-,16?/m0/s1. The second-order valence-electron chi connectivity index (χ2n) is 8.48. The molecular formula is C21H36N4O5. The highest BCUT2D eigenvalue weighted by atomic mass is 16.2. The van der Waals surface area contributed by atoms with Crippen LogP contribution >= 0.6 is 0 Å². The van der Waals surface area contributed by atoms with Crippen molar-refractivity contribution in [2.75, 3.05) is 13.1 Å². The number of hydrogen-bond acceptors (Lipinski definition) is 5. The maximum Gasteiger partial charge on any atom is 0.242 e. The molecule has 2 atom stereocenters. The van der Waals surface area contributed by atoms with E-state index in [0.717, 1.165) is 0 Å². The maximum atomic E-state index is 12.2. The highest BCUT2D eigenvalue weighted by Gasteiger charge is 2.39. The zero-order chi connectivity index (χ0) is 22.8. The Morgan fingerprint density at radius 3 is 2.20 bits per heavy atom. The van der Waals surface area contributed by atoms with E-state index in [4.69, 9.17) is 0 Å². The lowest BCUT2D eigenvalue weighted by Gasteiger charge is -2.16. The largest absolute Gasteiger partial charge is 0.352 e. The molecule has 0 aromatic carbocycles. The summed E-state index contributed by atoms with van der Waals surface area (Å²) in [4.78, 5) is 61.0. The molecule has 1 fully saturated rings. The number of amides is 5. The number of imide groups is 1. The van der Waals surface area contributed by atoms with Gasteiger partial charge in [0.05, 0.1) is 6.54 Å². The average molecular weight is 425 g/mol. The molecule has 9 heteroatoms. The third kappa shape index (κ3) is 8.51. The lowest BCUT2D eigenvalue weighted by molar-refractivity contribution is -0.140. The number of nitrogens with zero attached hydrogens (tertiary/aromatic N) is 1. The van der Waals surface area contributed by atoms with Gasteiger partial charge in [0.25, 0.3) is 0 Å². The van der Waals surface area contributed by atoms with Gasteiger partial charge in [-0.05, 0) is 39.5 Å². The van der Waals surface area contributed by atoms with Crippen molar-refractivity contribution in [2.45, 2.75) is 78.8 Å². The quantitative estimate of drug-likeness (QED) is 0.315. The van der Waals surface area contributed by atoms with Crippen molar-refractivity contribution in [2.24, 2.45) is 11.8 Å². The third-order valence-corrected chi connectivity index (χ3v) is 5.02. The van der Waals surface area contributed by atoms with Crippen LogP contribution < -0.4 is 16.0 Å². The van der Waals surface area contributed by atoms with Crippen molar-refractivity contribution in [3.8, 4) is 0 Å². The molecule has 0 bridgehead atoms. The molecule has 1 heterocycles. The van der Waals surface area contributed by atoms with Gasteiger partial charge in [-0.25, -0.2) is 0 Å². The van der Waals surface area contributed by atoms with E-state index in [1.165, 1.54) is 4.90 Å². The molecule has 30 heavy (non-hydrogen) atoms. The van der Waals surface area contributed by atoms with Crippen LogP contribution in [0.5, 0.6) is 0 Å². The molecule has 1 aliphatic rings. The highest BCUT2D eigenvalue weighted by molar-refractivity contribution is 6.03. The summed E-state index contributed by atoms with van der Waals surface area (Å²) in [5, 5.41) is 7.76. The van der Waals surface area contributed by atoms with Gasteiger partial charge in [0.2, 0.25) is 29.5 Å². The van der Waals surface area contributed by atoms with Crippen LogP contribution in [0, 0.1) is 11.8 Å². The number of carbonyl (C=O) groups is 5. The summed E-state index contributed by atoms with van der Waals surface area (Å²) in [6.07, 6.45) is 2.50. The minimum atomic E-state index is -0.678. The molecule has 0 aromatic rings. The first-order valence-corrected chi connectivity index (χ1v) is 10.7. The monoisotopic (exact) mass is 424 g/mol. The summed E-state index contributed by atoms with van der Waals surface area (Å²) in [6.45, 7) is 9.33. The highest BCUT2D eigenvalue weighted by Crippen LogP contribution is 2.26. The van der Waals surface area contributed by atoms with Crippen molar-refractivity contribution in [3.63, 3.8) is 0 Å². The summed E-state index contributed by atoms with van der Waals surface area (Å²) < 4.78 is 0. The molecule has 3 N–H and O–H groups in total. The second kappa shape index (κ2) is 12.3. The number of likely N-dealkylation sites (tertiary alicyclic amines) is 1. The van der Waals surface area contributed by atoms with Crippen molar-refractivity contribution in [3.05, 3.63) is 0 Å². The van der Waals surface area contributed by atoms with Crippen molar-refractivity contribution in [1.29, 1.82) is 0 Å². The van der Waals surface area contributed by atoms with Gasteiger partial charge in [-0.15, -0.1) is 0 Å². The Morgan fingerprint density at radius 1 is 0.967 bits per heavy atom. The third-order valence-electron chi connectivity index (χ3n) is 5.02. The van der Waals surface area contributed by atoms with Crippen molar-refractivity contribution in [1.82, 2.24) is 20.9 Å². The van der Waals surface area contributed by atoms with E-state index in [0.29, 0.717) is 32.2 Å². The zero-order valence-electron chi connectivity index (χ0n) is 18.7. The van der Waals surface area contributed by atoms with E-state index < -0.39 is 11.9 Å². The number of unbranched alkanes of at least 4 members (excludes halogenated alkanes) is 2. The summed E-state index contributed by atoms with van der Waals surface area (Å²) in [5.74, 6) is -1.22. The molecule has 1 unspecified atom stereocenters. The first-order chi connectivity index (χ1) is 14.0.